The average Bonchev–Trinajstić information content (AvgIpc) is 2.84. The minimum atomic E-state index is -0.427. The number of esters is 1. The average molecular weight is 334 g/mol. The molecule has 1 heterocycles. The molecule has 1 aromatic carbocycles. The van der Waals surface area contributed by atoms with Gasteiger partial charge < -0.3 is 14.6 Å². The van der Waals surface area contributed by atoms with E-state index in [9.17, 15) is 14.4 Å². The van der Waals surface area contributed by atoms with Gasteiger partial charge in [0.05, 0.1) is 12.2 Å². The number of amides is 1. The van der Waals surface area contributed by atoms with Crippen LogP contribution in [-0.4, -0.2) is 23.1 Å². The van der Waals surface area contributed by atoms with Crippen molar-refractivity contribution in [3.63, 3.8) is 0 Å². The van der Waals surface area contributed by atoms with E-state index in [-0.39, 0.29) is 17.2 Å². The number of ether oxygens (including phenoxy) is 1. The molecule has 0 spiro atoms. The lowest BCUT2D eigenvalue weighted by Crippen LogP contribution is -2.20. The van der Waals surface area contributed by atoms with Gasteiger partial charge in [0.25, 0.3) is 0 Å². The highest BCUT2D eigenvalue weighted by Crippen LogP contribution is 2.12. The summed E-state index contributed by atoms with van der Waals surface area (Å²) in [7, 11) is 0. The number of hydrogen-bond acceptors (Lipinski definition) is 5. The van der Waals surface area contributed by atoms with Gasteiger partial charge in [0.1, 0.15) is 0 Å². The summed E-state index contributed by atoms with van der Waals surface area (Å²) in [5.41, 5.74) is 1.75. The van der Waals surface area contributed by atoms with Crippen LogP contribution in [-0.2, 0) is 16.1 Å². The third-order valence-electron chi connectivity index (χ3n) is 3.20. The fourth-order valence-corrected chi connectivity index (χ4v) is 2.81. The molecule has 0 aliphatic rings. The maximum absolute atomic E-state index is 12.0. The number of nitrogens with zero attached hydrogens (tertiary/aromatic N) is 1. The number of anilines is 1. The Morgan fingerprint density at radius 1 is 1.35 bits per heavy atom. The van der Waals surface area contributed by atoms with E-state index in [0.29, 0.717) is 24.4 Å². The number of carbonyl (C=O) groups excluding carboxylic acids is 2. The maximum atomic E-state index is 12.0. The number of aryl methyl sites for hydroxylation is 1. The summed E-state index contributed by atoms with van der Waals surface area (Å²) >= 11 is 1.12. The monoisotopic (exact) mass is 334 g/mol. The van der Waals surface area contributed by atoms with Gasteiger partial charge >= 0.3 is 10.8 Å². The largest absolute Gasteiger partial charge is 0.462 e. The third-order valence-corrected chi connectivity index (χ3v) is 4.08. The Hall–Kier alpha value is -2.41. The molecule has 2 rings (SSSR count). The van der Waals surface area contributed by atoms with Crippen LogP contribution in [0.15, 0.2) is 34.4 Å². The molecule has 0 unspecified atom stereocenters. The van der Waals surface area contributed by atoms with E-state index in [2.05, 4.69) is 5.32 Å². The van der Waals surface area contributed by atoms with Gasteiger partial charge in [-0.1, -0.05) is 17.4 Å². The highest BCUT2D eigenvalue weighted by molar-refractivity contribution is 7.07. The molecule has 0 radical (unpaired) electrons. The van der Waals surface area contributed by atoms with Gasteiger partial charge in [-0.2, -0.15) is 0 Å². The fraction of sp³-hybridized carbons (Fsp3) is 0.312. The van der Waals surface area contributed by atoms with Crippen molar-refractivity contribution < 1.29 is 14.3 Å². The van der Waals surface area contributed by atoms with Crippen LogP contribution in [0.4, 0.5) is 5.69 Å². The molecule has 1 aromatic heterocycles. The van der Waals surface area contributed by atoms with Crippen LogP contribution >= 0.6 is 11.3 Å². The molecule has 0 saturated heterocycles. The third kappa shape index (κ3) is 4.53. The van der Waals surface area contributed by atoms with Crippen molar-refractivity contribution in [2.45, 2.75) is 26.8 Å². The van der Waals surface area contributed by atoms with E-state index < -0.39 is 5.97 Å². The lowest BCUT2D eigenvalue weighted by Gasteiger charge is -2.08. The van der Waals surface area contributed by atoms with Crippen LogP contribution in [0.2, 0.25) is 0 Å². The first-order valence-corrected chi connectivity index (χ1v) is 8.11. The number of benzene rings is 1. The molecule has 1 amide bonds. The van der Waals surface area contributed by atoms with Gasteiger partial charge in [0.15, 0.2) is 0 Å². The molecule has 7 heteroatoms. The van der Waals surface area contributed by atoms with Crippen LogP contribution in [0.1, 0.15) is 29.4 Å². The first-order chi connectivity index (χ1) is 11.0. The lowest BCUT2D eigenvalue weighted by molar-refractivity contribution is -0.116. The van der Waals surface area contributed by atoms with E-state index in [0.717, 1.165) is 17.0 Å². The lowest BCUT2D eigenvalue weighted by atomic mass is 10.2. The molecule has 0 aliphatic carbocycles. The minimum absolute atomic E-state index is 0.0698. The normalized spacial score (nSPS) is 10.3. The molecule has 0 saturated carbocycles. The van der Waals surface area contributed by atoms with Crippen LogP contribution in [0, 0.1) is 6.92 Å². The summed E-state index contributed by atoms with van der Waals surface area (Å²) in [6.45, 7) is 4.19. The standard InChI is InChI=1S/C16H18N2O4S/c1-3-22-15(20)12-5-4-6-13(9-12)17-14(19)7-8-18-11(2)10-23-16(18)21/h4-6,9-10H,3,7-8H2,1-2H3,(H,17,19). The van der Waals surface area contributed by atoms with Gasteiger partial charge in [0, 0.05) is 29.7 Å². The van der Waals surface area contributed by atoms with Crippen LogP contribution in [0.25, 0.3) is 0 Å². The number of carbonyl (C=O) groups is 2. The molecule has 6 nitrogen and oxygen atoms in total. The number of rotatable bonds is 6. The molecule has 1 N–H and O–H groups in total. The van der Waals surface area contributed by atoms with Gasteiger partial charge in [-0.3, -0.25) is 9.59 Å². The van der Waals surface area contributed by atoms with Gasteiger partial charge in [-0.05, 0) is 32.0 Å². The van der Waals surface area contributed by atoms with Crippen LogP contribution < -0.4 is 10.2 Å². The Morgan fingerprint density at radius 2 is 2.13 bits per heavy atom. The molecule has 2 aromatic rings. The highest BCUT2D eigenvalue weighted by atomic mass is 32.1. The molecule has 0 fully saturated rings. The van der Waals surface area contributed by atoms with E-state index in [1.54, 1.807) is 41.1 Å². The van der Waals surface area contributed by atoms with Crippen molar-refractivity contribution in [1.29, 1.82) is 0 Å². The van der Waals surface area contributed by atoms with Crippen molar-refractivity contribution >= 4 is 28.9 Å². The van der Waals surface area contributed by atoms with Gasteiger partial charge in [0.2, 0.25) is 5.91 Å². The van der Waals surface area contributed by atoms with E-state index in [4.69, 9.17) is 4.74 Å². The molecule has 0 aliphatic heterocycles. The summed E-state index contributed by atoms with van der Waals surface area (Å²) in [5.74, 6) is -0.646. The van der Waals surface area contributed by atoms with Crippen molar-refractivity contribution in [2.24, 2.45) is 0 Å². The second kappa shape index (κ2) is 7.73. The molecule has 122 valence electrons. The molecular weight excluding hydrogens is 316 g/mol. The molecule has 0 atom stereocenters. The van der Waals surface area contributed by atoms with Crippen molar-refractivity contribution in [3.05, 3.63) is 50.6 Å². The Morgan fingerprint density at radius 3 is 2.78 bits per heavy atom. The SMILES string of the molecule is CCOC(=O)c1cccc(NC(=O)CCn2c(C)csc2=O)c1. The quantitative estimate of drug-likeness (QED) is 0.823. The summed E-state index contributed by atoms with van der Waals surface area (Å²) in [4.78, 5) is 35.2. The minimum Gasteiger partial charge on any atom is -0.462 e. The Kier molecular flexibility index (Phi) is 5.70. The number of hydrogen-bond donors (Lipinski definition) is 1. The summed E-state index contributed by atoms with van der Waals surface area (Å²) < 4.78 is 6.49. The van der Waals surface area contributed by atoms with Crippen molar-refractivity contribution in [3.8, 4) is 0 Å². The van der Waals surface area contributed by atoms with E-state index >= 15 is 0 Å². The molecule has 0 bridgehead atoms. The first-order valence-electron chi connectivity index (χ1n) is 7.23. The predicted molar refractivity (Wildman–Crippen MR) is 89.0 cm³/mol. The zero-order valence-electron chi connectivity index (χ0n) is 13.0. The Bertz CT molecular complexity index is 763. The van der Waals surface area contributed by atoms with Crippen LogP contribution in [0.3, 0.4) is 0 Å². The molecular formula is C16H18N2O4S. The predicted octanol–water partition coefficient (Wildman–Crippen LogP) is 2.42. The fourth-order valence-electron chi connectivity index (χ4n) is 2.05. The maximum Gasteiger partial charge on any atom is 0.338 e. The number of nitrogens with one attached hydrogen (secondary N) is 1. The molecule has 23 heavy (non-hydrogen) atoms. The van der Waals surface area contributed by atoms with Crippen molar-refractivity contribution in [1.82, 2.24) is 4.57 Å². The topological polar surface area (TPSA) is 77.4 Å². The number of thiazole rings is 1. The summed E-state index contributed by atoms with van der Waals surface area (Å²) in [5, 5.41) is 4.49. The van der Waals surface area contributed by atoms with E-state index in [1.807, 2.05) is 6.92 Å². The zero-order chi connectivity index (χ0) is 16.8. The second-order valence-corrected chi connectivity index (χ2v) is 5.71. The highest BCUT2D eigenvalue weighted by Gasteiger charge is 2.10. The smallest absolute Gasteiger partial charge is 0.338 e. The second-order valence-electron chi connectivity index (χ2n) is 4.89. The van der Waals surface area contributed by atoms with Crippen LogP contribution in [0.5, 0.6) is 0 Å². The van der Waals surface area contributed by atoms with Gasteiger partial charge in [-0.15, -0.1) is 0 Å². The zero-order valence-corrected chi connectivity index (χ0v) is 13.8. The van der Waals surface area contributed by atoms with E-state index in [1.165, 1.54) is 0 Å². The Labute approximate surface area is 137 Å². The Balaban J connectivity index is 1.96. The van der Waals surface area contributed by atoms with Gasteiger partial charge in [-0.25, -0.2) is 4.79 Å². The van der Waals surface area contributed by atoms with Crippen molar-refractivity contribution in [2.75, 3.05) is 11.9 Å². The first kappa shape index (κ1) is 17.0. The summed E-state index contributed by atoms with van der Waals surface area (Å²) in [6, 6.07) is 6.57. The summed E-state index contributed by atoms with van der Waals surface area (Å²) in [6.07, 6.45) is 0.182. The number of aromatic nitrogens is 1.